The van der Waals surface area contributed by atoms with Crippen molar-refractivity contribution < 1.29 is 4.79 Å². The Labute approximate surface area is 146 Å². The van der Waals surface area contributed by atoms with E-state index in [9.17, 15) is 4.79 Å². The number of nitrogens with zero attached hydrogens (tertiary/aromatic N) is 2. The maximum Gasteiger partial charge on any atom is 0.231 e. The highest BCUT2D eigenvalue weighted by molar-refractivity contribution is 5.78. The van der Waals surface area contributed by atoms with E-state index in [1.165, 1.54) is 56.9 Å². The molecule has 0 saturated carbocycles. The standard InChI is InChI=1S/C21H30N2O/c24-21(23-18-17-22-19-23)16-12-7-5-3-1-2-4-6-9-13-20-14-10-8-11-15-20/h8,10-11,14-15,17-19H,1-7,9,12-13,16H2. The van der Waals surface area contributed by atoms with Crippen molar-refractivity contribution in [1.29, 1.82) is 0 Å². The van der Waals surface area contributed by atoms with Crippen molar-refractivity contribution in [2.75, 3.05) is 0 Å². The van der Waals surface area contributed by atoms with E-state index in [-0.39, 0.29) is 5.91 Å². The van der Waals surface area contributed by atoms with Gasteiger partial charge in [-0.3, -0.25) is 9.36 Å². The summed E-state index contributed by atoms with van der Waals surface area (Å²) in [6.45, 7) is 0. The molecule has 130 valence electrons. The van der Waals surface area contributed by atoms with Gasteiger partial charge in [-0.1, -0.05) is 75.3 Å². The highest BCUT2D eigenvalue weighted by Gasteiger charge is 2.02. The van der Waals surface area contributed by atoms with Crippen molar-refractivity contribution in [3.8, 4) is 0 Å². The number of hydrogen-bond acceptors (Lipinski definition) is 2. The van der Waals surface area contributed by atoms with Crippen molar-refractivity contribution in [1.82, 2.24) is 9.55 Å². The van der Waals surface area contributed by atoms with E-state index in [0.717, 1.165) is 12.8 Å². The molecule has 0 atom stereocenters. The van der Waals surface area contributed by atoms with E-state index >= 15 is 0 Å². The highest BCUT2D eigenvalue weighted by Crippen LogP contribution is 2.12. The third-order valence-electron chi connectivity index (χ3n) is 4.49. The van der Waals surface area contributed by atoms with Crippen LogP contribution in [-0.4, -0.2) is 15.5 Å². The zero-order valence-electron chi connectivity index (χ0n) is 14.7. The normalized spacial score (nSPS) is 10.8. The van der Waals surface area contributed by atoms with Gasteiger partial charge in [-0.2, -0.15) is 0 Å². The molecule has 0 aliphatic heterocycles. The topological polar surface area (TPSA) is 34.9 Å². The number of aryl methyl sites for hydroxylation is 1. The molecule has 1 aromatic heterocycles. The molecule has 0 fully saturated rings. The lowest BCUT2D eigenvalue weighted by Gasteiger charge is -2.04. The molecule has 3 nitrogen and oxygen atoms in total. The van der Waals surface area contributed by atoms with Crippen LogP contribution in [0, 0.1) is 0 Å². The third kappa shape index (κ3) is 7.58. The molecule has 1 heterocycles. The molecule has 2 rings (SSSR count). The second-order valence-corrected chi connectivity index (χ2v) is 6.53. The van der Waals surface area contributed by atoms with E-state index in [1.807, 2.05) is 0 Å². The molecule has 0 N–H and O–H groups in total. The van der Waals surface area contributed by atoms with Gasteiger partial charge in [-0.05, 0) is 24.8 Å². The first-order valence-corrected chi connectivity index (χ1v) is 9.41. The van der Waals surface area contributed by atoms with Gasteiger partial charge in [0.1, 0.15) is 6.33 Å². The first kappa shape index (κ1) is 18.4. The summed E-state index contributed by atoms with van der Waals surface area (Å²) >= 11 is 0. The lowest BCUT2D eigenvalue weighted by atomic mass is 10.0. The van der Waals surface area contributed by atoms with Crippen LogP contribution >= 0.6 is 0 Å². The largest absolute Gasteiger partial charge is 0.276 e. The molecule has 0 spiro atoms. The minimum Gasteiger partial charge on any atom is -0.276 e. The number of unbranched alkanes of at least 4 members (excludes halogenated alkanes) is 8. The molecule has 1 aromatic carbocycles. The summed E-state index contributed by atoms with van der Waals surface area (Å²) < 4.78 is 1.58. The number of carbonyl (C=O) groups excluding carboxylic acids is 1. The van der Waals surface area contributed by atoms with Crippen LogP contribution in [0.25, 0.3) is 0 Å². The number of rotatable bonds is 12. The van der Waals surface area contributed by atoms with Crippen molar-refractivity contribution in [3.63, 3.8) is 0 Å². The average molecular weight is 326 g/mol. The Hall–Kier alpha value is -1.90. The van der Waals surface area contributed by atoms with Crippen LogP contribution in [-0.2, 0) is 6.42 Å². The first-order chi connectivity index (χ1) is 11.9. The van der Waals surface area contributed by atoms with Gasteiger partial charge in [-0.15, -0.1) is 0 Å². The number of hydrogen-bond donors (Lipinski definition) is 0. The fourth-order valence-electron chi connectivity index (χ4n) is 3.02. The third-order valence-corrected chi connectivity index (χ3v) is 4.49. The highest BCUT2D eigenvalue weighted by atomic mass is 16.2. The van der Waals surface area contributed by atoms with Crippen LogP contribution in [0.4, 0.5) is 0 Å². The van der Waals surface area contributed by atoms with Gasteiger partial charge in [0.25, 0.3) is 0 Å². The van der Waals surface area contributed by atoms with Crippen molar-refractivity contribution in [2.45, 2.75) is 70.6 Å². The van der Waals surface area contributed by atoms with Crippen LogP contribution < -0.4 is 0 Å². The van der Waals surface area contributed by atoms with Gasteiger partial charge in [-0.25, -0.2) is 4.98 Å². The smallest absolute Gasteiger partial charge is 0.231 e. The van der Waals surface area contributed by atoms with Gasteiger partial charge in [0.05, 0.1) is 0 Å². The Bertz CT molecular complexity index is 548. The van der Waals surface area contributed by atoms with Crippen LogP contribution in [0.3, 0.4) is 0 Å². The molecule has 0 bridgehead atoms. The lowest BCUT2D eigenvalue weighted by molar-refractivity contribution is 0.0898. The molecule has 0 unspecified atom stereocenters. The summed E-state index contributed by atoms with van der Waals surface area (Å²) in [6.07, 6.45) is 18.2. The Morgan fingerprint density at radius 2 is 1.46 bits per heavy atom. The van der Waals surface area contributed by atoms with Crippen LogP contribution in [0.5, 0.6) is 0 Å². The Morgan fingerprint density at radius 3 is 2.08 bits per heavy atom. The zero-order chi connectivity index (χ0) is 16.9. The molecule has 3 heteroatoms. The molecular weight excluding hydrogens is 296 g/mol. The molecular formula is C21H30N2O. The number of imidazole rings is 1. The molecule has 2 aromatic rings. The van der Waals surface area contributed by atoms with E-state index in [4.69, 9.17) is 0 Å². The van der Waals surface area contributed by atoms with Crippen molar-refractivity contribution in [2.24, 2.45) is 0 Å². The quantitative estimate of drug-likeness (QED) is 0.471. The Balaban J connectivity index is 1.35. The Morgan fingerprint density at radius 1 is 0.833 bits per heavy atom. The fourth-order valence-corrected chi connectivity index (χ4v) is 3.02. The van der Waals surface area contributed by atoms with Gasteiger partial charge in [0, 0.05) is 18.8 Å². The summed E-state index contributed by atoms with van der Waals surface area (Å²) in [5.41, 5.74) is 1.46. The van der Waals surface area contributed by atoms with Crippen LogP contribution in [0.2, 0.25) is 0 Å². The number of aromatic nitrogens is 2. The first-order valence-electron chi connectivity index (χ1n) is 9.41. The van der Waals surface area contributed by atoms with Crippen LogP contribution in [0.1, 0.15) is 74.6 Å². The number of carbonyl (C=O) groups is 1. The molecule has 0 radical (unpaired) electrons. The van der Waals surface area contributed by atoms with E-state index < -0.39 is 0 Å². The second-order valence-electron chi connectivity index (χ2n) is 6.53. The van der Waals surface area contributed by atoms with Crippen molar-refractivity contribution >= 4 is 5.91 Å². The van der Waals surface area contributed by atoms with E-state index in [0.29, 0.717) is 6.42 Å². The fraction of sp³-hybridized carbons (Fsp3) is 0.524. The summed E-state index contributed by atoms with van der Waals surface area (Å²) in [6, 6.07) is 10.8. The number of benzene rings is 1. The van der Waals surface area contributed by atoms with Gasteiger partial charge >= 0.3 is 0 Å². The van der Waals surface area contributed by atoms with E-state index in [1.54, 1.807) is 23.3 Å². The van der Waals surface area contributed by atoms with Gasteiger partial charge in [0.2, 0.25) is 5.91 Å². The second kappa shape index (κ2) is 11.6. The summed E-state index contributed by atoms with van der Waals surface area (Å²) in [5.74, 6) is 0.158. The van der Waals surface area contributed by atoms with Gasteiger partial charge in [0.15, 0.2) is 0 Å². The lowest BCUT2D eigenvalue weighted by Crippen LogP contribution is -2.07. The maximum atomic E-state index is 11.8. The Kier molecular flexibility index (Phi) is 8.92. The van der Waals surface area contributed by atoms with E-state index in [2.05, 4.69) is 35.3 Å². The molecule has 0 aliphatic carbocycles. The molecule has 0 amide bonds. The van der Waals surface area contributed by atoms with Crippen LogP contribution in [0.15, 0.2) is 49.1 Å². The van der Waals surface area contributed by atoms with Gasteiger partial charge < -0.3 is 0 Å². The summed E-state index contributed by atoms with van der Waals surface area (Å²) in [4.78, 5) is 15.7. The predicted octanol–water partition coefficient (Wildman–Crippen LogP) is 5.67. The maximum absolute atomic E-state index is 11.8. The summed E-state index contributed by atoms with van der Waals surface area (Å²) in [5, 5.41) is 0. The monoisotopic (exact) mass is 326 g/mol. The predicted molar refractivity (Wildman–Crippen MR) is 99.2 cm³/mol. The minimum absolute atomic E-state index is 0.158. The van der Waals surface area contributed by atoms with Crippen molar-refractivity contribution in [3.05, 3.63) is 54.6 Å². The molecule has 0 saturated heterocycles. The zero-order valence-corrected chi connectivity index (χ0v) is 14.7. The molecule has 24 heavy (non-hydrogen) atoms. The summed E-state index contributed by atoms with van der Waals surface area (Å²) in [7, 11) is 0. The minimum atomic E-state index is 0.158. The SMILES string of the molecule is O=C(CCCCCCCCCCCc1ccccc1)n1ccnc1. The molecule has 0 aliphatic rings. The average Bonchev–Trinajstić information content (AvgIpc) is 3.15.